The zero-order valence-corrected chi connectivity index (χ0v) is 13.4. The second kappa shape index (κ2) is 5.61. The quantitative estimate of drug-likeness (QED) is 0.895. The molecule has 0 fully saturated rings. The van der Waals surface area contributed by atoms with E-state index in [-0.39, 0.29) is 6.10 Å². The molecular weight excluding hydrogens is 338 g/mol. The average molecular weight is 352 g/mol. The van der Waals surface area contributed by atoms with E-state index in [0.717, 1.165) is 33.0 Å². The lowest BCUT2D eigenvalue weighted by Gasteiger charge is -2.25. The van der Waals surface area contributed by atoms with E-state index in [2.05, 4.69) is 32.0 Å². The molecule has 104 valence electrons. The van der Waals surface area contributed by atoms with E-state index >= 15 is 0 Å². The number of hydrogen-bond acceptors (Lipinski definition) is 5. The molecule has 0 spiro atoms. The van der Waals surface area contributed by atoms with Crippen molar-refractivity contribution in [3.8, 4) is 5.75 Å². The number of nitrogens with zero attached hydrogens (tertiary/aromatic N) is 2. The van der Waals surface area contributed by atoms with Crippen LogP contribution < -0.4 is 10.5 Å². The molecule has 2 aromatic rings. The minimum atomic E-state index is -0.157. The van der Waals surface area contributed by atoms with Gasteiger partial charge in [0.05, 0.1) is 10.2 Å². The number of nitrogens with two attached hydrogens (primary N) is 1. The molecule has 1 atom stereocenters. The number of hydrogen-bond donors (Lipinski definition) is 1. The maximum atomic E-state index is 6.00. The number of nitrogen functional groups attached to an aromatic ring is 1. The van der Waals surface area contributed by atoms with E-state index in [1.807, 2.05) is 25.1 Å². The molecule has 4 nitrogen and oxygen atoms in total. The van der Waals surface area contributed by atoms with Crippen molar-refractivity contribution in [1.29, 1.82) is 0 Å². The lowest BCUT2D eigenvalue weighted by Crippen LogP contribution is -2.19. The number of aryl methyl sites for hydroxylation is 1. The summed E-state index contributed by atoms with van der Waals surface area (Å²) in [5, 5.41) is 0. The van der Waals surface area contributed by atoms with Crippen molar-refractivity contribution in [2.24, 2.45) is 0 Å². The Morgan fingerprint density at radius 1 is 1.40 bits per heavy atom. The van der Waals surface area contributed by atoms with Crippen LogP contribution in [0.2, 0.25) is 0 Å². The number of para-hydroxylation sites is 1. The first-order chi connectivity index (χ1) is 9.69. The second-order valence-electron chi connectivity index (χ2n) is 4.45. The highest BCUT2D eigenvalue weighted by molar-refractivity contribution is 9.10. The predicted octanol–water partition coefficient (Wildman–Crippen LogP) is 3.61. The number of halogens is 1. The van der Waals surface area contributed by atoms with Crippen LogP contribution in [0.5, 0.6) is 5.75 Å². The summed E-state index contributed by atoms with van der Waals surface area (Å²) in [7, 11) is 0. The number of fused-ring (bicyclic) bond motifs is 1. The average Bonchev–Trinajstić information content (AvgIpc) is 2.49. The van der Waals surface area contributed by atoms with E-state index in [4.69, 9.17) is 10.5 Å². The van der Waals surface area contributed by atoms with Gasteiger partial charge in [-0.05, 0) is 34.5 Å². The van der Waals surface area contributed by atoms with Gasteiger partial charge < -0.3 is 10.5 Å². The summed E-state index contributed by atoms with van der Waals surface area (Å²) in [5.74, 6) is 2.81. The van der Waals surface area contributed by atoms with Crippen molar-refractivity contribution in [2.75, 3.05) is 11.5 Å². The molecule has 2 N–H and O–H groups in total. The van der Waals surface area contributed by atoms with Crippen LogP contribution in [0.15, 0.2) is 33.6 Å². The van der Waals surface area contributed by atoms with Crippen LogP contribution in [-0.4, -0.2) is 15.7 Å². The molecule has 0 aliphatic carbocycles. The van der Waals surface area contributed by atoms with E-state index in [9.17, 15) is 0 Å². The van der Waals surface area contributed by atoms with Gasteiger partial charge in [0, 0.05) is 10.6 Å². The summed E-state index contributed by atoms with van der Waals surface area (Å²) < 4.78 is 6.78. The third-order valence-corrected chi connectivity index (χ3v) is 5.08. The van der Waals surface area contributed by atoms with Crippen LogP contribution in [0.3, 0.4) is 0 Å². The molecule has 6 heteroatoms. The highest BCUT2D eigenvalue weighted by atomic mass is 79.9. The van der Waals surface area contributed by atoms with Crippen LogP contribution in [0.1, 0.15) is 24.5 Å². The molecule has 1 aromatic carbocycles. The molecule has 3 rings (SSSR count). The molecular formula is C14H14BrN3OS. The molecule has 1 unspecified atom stereocenters. The SMILES string of the molecule is CCc1nc(C2CSc3ccccc3O2)nc(N)c1Br. The summed E-state index contributed by atoms with van der Waals surface area (Å²) in [6.07, 6.45) is 0.645. The number of rotatable bonds is 2. The number of thioether (sulfide) groups is 1. The van der Waals surface area contributed by atoms with Gasteiger partial charge >= 0.3 is 0 Å². The van der Waals surface area contributed by atoms with Gasteiger partial charge in [0.15, 0.2) is 11.9 Å². The zero-order valence-electron chi connectivity index (χ0n) is 11.0. The van der Waals surface area contributed by atoms with E-state index in [0.29, 0.717) is 11.6 Å². The maximum absolute atomic E-state index is 6.00. The molecule has 0 amide bonds. The van der Waals surface area contributed by atoms with Gasteiger partial charge in [-0.15, -0.1) is 11.8 Å². The third kappa shape index (κ3) is 2.50. The van der Waals surface area contributed by atoms with Crippen molar-refractivity contribution in [2.45, 2.75) is 24.3 Å². The van der Waals surface area contributed by atoms with Crippen LogP contribution >= 0.6 is 27.7 Å². The summed E-state index contributed by atoms with van der Waals surface area (Å²) >= 11 is 5.19. The molecule has 2 heterocycles. The Morgan fingerprint density at radius 3 is 3.00 bits per heavy atom. The third-order valence-electron chi connectivity index (χ3n) is 3.09. The van der Waals surface area contributed by atoms with Crippen LogP contribution in [0, 0.1) is 0 Å². The van der Waals surface area contributed by atoms with Crippen molar-refractivity contribution in [1.82, 2.24) is 9.97 Å². The fourth-order valence-corrected chi connectivity index (χ4v) is 3.50. The zero-order chi connectivity index (χ0) is 14.1. The molecule has 0 saturated carbocycles. The Kier molecular flexibility index (Phi) is 3.85. The summed E-state index contributed by atoms with van der Waals surface area (Å²) in [4.78, 5) is 10.1. The summed E-state index contributed by atoms with van der Waals surface area (Å²) in [5.41, 5.74) is 6.85. The highest BCUT2D eigenvalue weighted by Gasteiger charge is 2.25. The van der Waals surface area contributed by atoms with Gasteiger partial charge in [-0.3, -0.25) is 0 Å². The predicted molar refractivity (Wildman–Crippen MR) is 84.1 cm³/mol. The molecule has 0 radical (unpaired) electrons. The standard InChI is InChI=1S/C14H14BrN3OS/c1-2-8-12(15)13(16)18-14(17-8)10-7-20-11-6-4-3-5-9(11)19-10/h3-6,10H,2,7H2,1H3,(H2,16,17,18). The topological polar surface area (TPSA) is 61.0 Å². The smallest absolute Gasteiger partial charge is 0.172 e. The van der Waals surface area contributed by atoms with Gasteiger partial charge in [-0.2, -0.15) is 0 Å². The van der Waals surface area contributed by atoms with Crippen LogP contribution in [0.25, 0.3) is 0 Å². The van der Waals surface area contributed by atoms with Crippen molar-refractivity contribution in [3.63, 3.8) is 0 Å². The van der Waals surface area contributed by atoms with Gasteiger partial charge in [0.2, 0.25) is 0 Å². The normalized spacial score (nSPS) is 17.4. The number of anilines is 1. The summed E-state index contributed by atoms with van der Waals surface area (Å²) in [6.45, 7) is 2.04. The van der Waals surface area contributed by atoms with Gasteiger partial charge in [0.1, 0.15) is 11.6 Å². The maximum Gasteiger partial charge on any atom is 0.172 e. The molecule has 1 aliphatic rings. The lowest BCUT2D eigenvalue weighted by molar-refractivity contribution is 0.210. The second-order valence-corrected chi connectivity index (χ2v) is 6.30. The molecule has 1 aliphatic heterocycles. The fraction of sp³-hybridized carbons (Fsp3) is 0.286. The van der Waals surface area contributed by atoms with E-state index < -0.39 is 0 Å². The largest absolute Gasteiger partial charge is 0.480 e. The monoisotopic (exact) mass is 351 g/mol. The molecule has 0 bridgehead atoms. The first-order valence-corrected chi connectivity index (χ1v) is 8.17. The first kappa shape index (κ1) is 13.7. The Labute approximate surface area is 130 Å². The molecule has 1 aromatic heterocycles. The van der Waals surface area contributed by atoms with Gasteiger partial charge in [-0.25, -0.2) is 9.97 Å². The van der Waals surface area contributed by atoms with Crippen molar-refractivity contribution in [3.05, 3.63) is 40.3 Å². The Hall–Kier alpha value is -1.27. The van der Waals surface area contributed by atoms with Gasteiger partial charge in [0.25, 0.3) is 0 Å². The number of aromatic nitrogens is 2. The van der Waals surface area contributed by atoms with Crippen molar-refractivity contribution >= 4 is 33.5 Å². The molecule has 0 saturated heterocycles. The minimum Gasteiger partial charge on any atom is -0.480 e. The number of benzene rings is 1. The number of ether oxygens (including phenoxy) is 1. The Bertz CT molecular complexity index is 650. The Balaban J connectivity index is 1.93. The minimum absolute atomic E-state index is 0.157. The van der Waals surface area contributed by atoms with Crippen LogP contribution in [-0.2, 0) is 6.42 Å². The van der Waals surface area contributed by atoms with E-state index in [1.165, 1.54) is 0 Å². The van der Waals surface area contributed by atoms with E-state index in [1.54, 1.807) is 11.8 Å². The first-order valence-electron chi connectivity index (χ1n) is 6.39. The highest BCUT2D eigenvalue weighted by Crippen LogP contribution is 2.39. The summed E-state index contributed by atoms with van der Waals surface area (Å²) in [6, 6.07) is 8.01. The van der Waals surface area contributed by atoms with Crippen molar-refractivity contribution < 1.29 is 4.74 Å². The fourth-order valence-electron chi connectivity index (χ4n) is 2.06. The van der Waals surface area contributed by atoms with Gasteiger partial charge in [-0.1, -0.05) is 19.1 Å². The molecule has 20 heavy (non-hydrogen) atoms. The Morgan fingerprint density at radius 2 is 2.20 bits per heavy atom. The lowest BCUT2D eigenvalue weighted by atomic mass is 10.2. The van der Waals surface area contributed by atoms with Crippen LogP contribution in [0.4, 0.5) is 5.82 Å².